The first-order valence-electron chi connectivity index (χ1n) is 7.31. The average molecular weight is 338 g/mol. The molecule has 0 aromatic carbocycles. The first kappa shape index (κ1) is 17.3. The predicted octanol–water partition coefficient (Wildman–Crippen LogP) is 2.54. The number of anilines is 1. The predicted molar refractivity (Wildman–Crippen MR) is 88.2 cm³/mol. The zero-order valence-corrected chi connectivity index (χ0v) is 14.8. The van der Waals surface area contributed by atoms with Crippen molar-refractivity contribution in [2.75, 3.05) is 11.3 Å². The number of hydrogen-bond donors (Lipinski definition) is 1. The highest BCUT2D eigenvalue weighted by atomic mass is 32.2. The lowest BCUT2D eigenvalue weighted by Crippen LogP contribution is -2.22. The zero-order valence-electron chi connectivity index (χ0n) is 14.0. The van der Waals surface area contributed by atoms with Gasteiger partial charge in [-0.05, 0) is 46.2 Å². The first-order chi connectivity index (χ1) is 10.6. The van der Waals surface area contributed by atoms with Crippen molar-refractivity contribution in [2.24, 2.45) is 0 Å². The molecule has 0 atom stereocenters. The van der Waals surface area contributed by atoms with Crippen LogP contribution in [0.4, 0.5) is 5.69 Å². The lowest BCUT2D eigenvalue weighted by Gasteiger charge is -2.18. The molecule has 2 aromatic rings. The molecule has 0 aliphatic rings. The van der Waals surface area contributed by atoms with E-state index in [1.54, 1.807) is 16.9 Å². The minimum Gasteiger partial charge on any atom is -0.476 e. The maximum Gasteiger partial charge on any atom is 0.265 e. The van der Waals surface area contributed by atoms with Crippen LogP contribution in [0.2, 0.25) is 0 Å². The van der Waals surface area contributed by atoms with E-state index in [0.29, 0.717) is 12.3 Å². The SMILES string of the molecule is CCOc1ncc(C)cc1NS(=O)(=O)c1cnn(C(C)(C)C)c1. The highest BCUT2D eigenvalue weighted by Crippen LogP contribution is 2.26. The van der Waals surface area contributed by atoms with Gasteiger partial charge in [-0.1, -0.05) is 0 Å². The second-order valence-corrected chi connectivity index (χ2v) is 7.88. The van der Waals surface area contributed by atoms with Gasteiger partial charge in [0.25, 0.3) is 10.0 Å². The Morgan fingerprint density at radius 2 is 2.00 bits per heavy atom. The summed E-state index contributed by atoms with van der Waals surface area (Å²) in [6.07, 6.45) is 4.46. The summed E-state index contributed by atoms with van der Waals surface area (Å²) >= 11 is 0. The molecule has 0 aliphatic carbocycles. The third-order valence-electron chi connectivity index (χ3n) is 3.07. The van der Waals surface area contributed by atoms with Gasteiger partial charge in [0.05, 0.1) is 18.3 Å². The minimum atomic E-state index is -3.76. The van der Waals surface area contributed by atoms with Crippen molar-refractivity contribution in [1.29, 1.82) is 0 Å². The van der Waals surface area contributed by atoms with Gasteiger partial charge < -0.3 is 4.74 Å². The molecule has 0 unspecified atom stereocenters. The molecule has 0 aliphatic heterocycles. The van der Waals surface area contributed by atoms with Crippen LogP contribution in [0, 0.1) is 6.92 Å². The highest BCUT2D eigenvalue weighted by molar-refractivity contribution is 7.92. The number of aryl methyl sites for hydroxylation is 1. The number of nitrogens with one attached hydrogen (secondary N) is 1. The monoisotopic (exact) mass is 338 g/mol. The van der Waals surface area contributed by atoms with E-state index in [4.69, 9.17) is 4.74 Å². The minimum absolute atomic E-state index is 0.0939. The number of aromatic nitrogens is 3. The Morgan fingerprint density at radius 3 is 2.57 bits per heavy atom. The zero-order chi connectivity index (χ0) is 17.3. The summed E-state index contributed by atoms with van der Waals surface area (Å²) in [5, 5.41) is 4.12. The summed E-state index contributed by atoms with van der Waals surface area (Å²) in [5.41, 5.74) is 0.849. The summed E-state index contributed by atoms with van der Waals surface area (Å²) in [7, 11) is -3.76. The molecule has 0 saturated carbocycles. The van der Waals surface area contributed by atoms with Gasteiger partial charge in [-0.2, -0.15) is 5.10 Å². The van der Waals surface area contributed by atoms with Crippen molar-refractivity contribution in [3.63, 3.8) is 0 Å². The molecule has 23 heavy (non-hydrogen) atoms. The van der Waals surface area contributed by atoms with Crippen LogP contribution < -0.4 is 9.46 Å². The Morgan fingerprint density at radius 1 is 1.30 bits per heavy atom. The van der Waals surface area contributed by atoms with Crippen LogP contribution >= 0.6 is 0 Å². The summed E-state index contributed by atoms with van der Waals surface area (Å²) in [5.74, 6) is 0.255. The van der Waals surface area contributed by atoms with Crippen molar-refractivity contribution in [2.45, 2.75) is 45.1 Å². The van der Waals surface area contributed by atoms with E-state index in [1.807, 2.05) is 34.6 Å². The fourth-order valence-corrected chi connectivity index (χ4v) is 2.88. The average Bonchev–Trinajstić information content (AvgIpc) is 2.92. The fraction of sp³-hybridized carbons (Fsp3) is 0.467. The Kier molecular flexibility index (Phi) is 4.65. The van der Waals surface area contributed by atoms with Gasteiger partial charge in [-0.15, -0.1) is 0 Å². The van der Waals surface area contributed by atoms with Crippen LogP contribution in [0.15, 0.2) is 29.6 Å². The second kappa shape index (κ2) is 6.19. The van der Waals surface area contributed by atoms with Crippen LogP contribution in [-0.2, 0) is 15.6 Å². The topological polar surface area (TPSA) is 86.1 Å². The van der Waals surface area contributed by atoms with Gasteiger partial charge in [0, 0.05) is 12.4 Å². The molecule has 126 valence electrons. The van der Waals surface area contributed by atoms with Crippen LogP contribution in [0.3, 0.4) is 0 Å². The van der Waals surface area contributed by atoms with Crippen molar-refractivity contribution in [3.8, 4) is 5.88 Å². The Bertz CT molecular complexity index is 791. The standard InChI is InChI=1S/C15H22N4O3S/c1-6-22-14-13(7-11(2)8-16-14)18-23(20,21)12-9-17-19(10-12)15(3,4)5/h7-10,18H,6H2,1-5H3. The molecule has 0 radical (unpaired) electrons. The maximum atomic E-state index is 12.6. The molecule has 0 fully saturated rings. The molecular formula is C15H22N4O3S. The van der Waals surface area contributed by atoms with Gasteiger partial charge >= 0.3 is 0 Å². The maximum absolute atomic E-state index is 12.6. The molecule has 0 saturated heterocycles. The van der Waals surface area contributed by atoms with E-state index in [-0.39, 0.29) is 16.3 Å². The Labute approximate surface area is 136 Å². The van der Waals surface area contributed by atoms with E-state index in [0.717, 1.165) is 5.56 Å². The Hall–Kier alpha value is -2.09. The summed E-state index contributed by atoms with van der Waals surface area (Å²) < 4.78 is 34.6. The first-order valence-corrected chi connectivity index (χ1v) is 8.79. The van der Waals surface area contributed by atoms with Crippen LogP contribution in [0.25, 0.3) is 0 Å². The van der Waals surface area contributed by atoms with E-state index in [9.17, 15) is 8.42 Å². The molecule has 0 bridgehead atoms. The second-order valence-electron chi connectivity index (χ2n) is 6.20. The van der Waals surface area contributed by atoms with Gasteiger partial charge in [0.1, 0.15) is 10.6 Å². The van der Waals surface area contributed by atoms with Gasteiger partial charge in [0.2, 0.25) is 5.88 Å². The smallest absolute Gasteiger partial charge is 0.265 e. The normalized spacial score (nSPS) is 12.2. The lowest BCUT2D eigenvalue weighted by atomic mass is 10.1. The Balaban J connectivity index is 2.35. The third kappa shape index (κ3) is 4.01. The lowest BCUT2D eigenvalue weighted by molar-refractivity contribution is 0.328. The van der Waals surface area contributed by atoms with E-state index >= 15 is 0 Å². The van der Waals surface area contributed by atoms with Crippen molar-refractivity contribution < 1.29 is 13.2 Å². The highest BCUT2D eigenvalue weighted by Gasteiger charge is 2.22. The van der Waals surface area contributed by atoms with E-state index < -0.39 is 10.0 Å². The molecule has 2 aromatic heterocycles. The van der Waals surface area contributed by atoms with Crippen molar-refractivity contribution in [1.82, 2.24) is 14.8 Å². The van der Waals surface area contributed by atoms with E-state index in [1.165, 1.54) is 12.4 Å². The van der Waals surface area contributed by atoms with E-state index in [2.05, 4.69) is 14.8 Å². The molecule has 2 rings (SSSR count). The molecule has 0 spiro atoms. The van der Waals surface area contributed by atoms with Gasteiger partial charge in [-0.3, -0.25) is 9.40 Å². The number of nitrogens with zero attached hydrogens (tertiary/aromatic N) is 3. The molecule has 0 amide bonds. The molecule has 7 nitrogen and oxygen atoms in total. The third-order valence-corrected chi connectivity index (χ3v) is 4.39. The number of sulfonamides is 1. The molecule has 1 N–H and O–H groups in total. The summed E-state index contributed by atoms with van der Waals surface area (Å²) in [6.45, 7) is 9.88. The van der Waals surface area contributed by atoms with Crippen molar-refractivity contribution in [3.05, 3.63) is 30.2 Å². The largest absolute Gasteiger partial charge is 0.476 e. The molecule has 8 heteroatoms. The van der Waals surface area contributed by atoms with Crippen LogP contribution in [0.1, 0.15) is 33.3 Å². The quantitative estimate of drug-likeness (QED) is 0.905. The van der Waals surface area contributed by atoms with Crippen LogP contribution in [-0.4, -0.2) is 29.8 Å². The number of pyridine rings is 1. The number of hydrogen-bond acceptors (Lipinski definition) is 5. The molecular weight excluding hydrogens is 316 g/mol. The number of ether oxygens (including phenoxy) is 1. The fourth-order valence-electron chi connectivity index (χ4n) is 1.90. The molecule has 2 heterocycles. The summed E-state index contributed by atoms with van der Waals surface area (Å²) in [4.78, 5) is 4.21. The van der Waals surface area contributed by atoms with Gasteiger partial charge in [-0.25, -0.2) is 13.4 Å². The number of rotatable bonds is 5. The van der Waals surface area contributed by atoms with Crippen molar-refractivity contribution >= 4 is 15.7 Å². The summed E-state index contributed by atoms with van der Waals surface area (Å²) in [6, 6.07) is 1.68. The van der Waals surface area contributed by atoms with Crippen LogP contribution in [0.5, 0.6) is 5.88 Å². The van der Waals surface area contributed by atoms with Gasteiger partial charge in [0.15, 0.2) is 0 Å².